The zero-order valence-electron chi connectivity index (χ0n) is 25.0. The standard InChI is InChI=1S/C33H43NO6/c1-19(35)39-18-29(5)21-8-9-30(6)22(28(21,4)15-20(17-34)25(29)37)14-24(36)33-23-16-27(2,3)10-12-32(23,26(38)40-33)13-11-31(30,33)7/h14-15,21,23,25,37H,8-13,16,18H2,1-7H3/t21-,23?,25?,28+,29+,30-,31+,32+,33-/m1/s1. The minimum absolute atomic E-state index is 0.0147. The number of carbonyl (C=O) groups is 3. The number of hydrogen-bond acceptors (Lipinski definition) is 7. The molecule has 1 N–H and O–H groups in total. The van der Waals surface area contributed by atoms with Crippen LogP contribution in [0.3, 0.4) is 0 Å². The van der Waals surface area contributed by atoms with Crippen molar-refractivity contribution in [1.82, 2.24) is 0 Å². The summed E-state index contributed by atoms with van der Waals surface area (Å²) in [5.41, 5.74) is -3.31. The zero-order valence-corrected chi connectivity index (χ0v) is 25.0. The van der Waals surface area contributed by atoms with Gasteiger partial charge in [0.2, 0.25) is 0 Å². The predicted molar refractivity (Wildman–Crippen MR) is 146 cm³/mol. The fourth-order valence-electron chi connectivity index (χ4n) is 10.9. The maximum Gasteiger partial charge on any atom is 0.313 e. The molecule has 6 rings (SSSR count). The molecule has 0 aromatic heterocycles. The molecule has 1 heterocycles. The first-order valence-electron chi connectivity index (χ1n) is 14.9. The summed E-state index contributed by atoms with van der Waals surface area (Å²) in [5, 5.41) is 21.5. The van der Waals surface area contributed by atoms with Crippen molar-refractivity contribution in [3.05, 3.63) is 23.3 Å². The van der Waals surface area contributed by atoms with E-state index in [1.165, 1.54) is 6.92 Å². The van der Waals surface area contributed by atoms with E-state index in [1.54, 1.807) is 6.08 Å². The van der Waals surface area contributed by atoms with Gasteiger partial charge in [-0.15, -0.1) is 0 Å². The Morgan fingerprint density at radius 2 is 1.75 bits per heavy atom. The molecule has 0 aromatic carbocycles. The van der Waals surface area contributed by atoms with E-state index in [4.69, 9.17) is 9.47 Å². The van der Waals surface area contributed by atoms with Crippen molar-refractivity contribution in [2.24, 2.45) is 44.3 Å². The molecule has 5 aliphatic carbocycles. The number of esters is 2. The lowest BCUT2D eigenvalue weighted by atomic mass is 9.33. The Bertz CT molecular complexity index is 1340. The highest BCUT2D eigenvalue weighted by Gasteiger charge is 2.82. The van der Waals surface area contributed by atoms with Gasteiger partial charge >= 0.3 is 11.9 Å². The molecule has 7 nitrogen and oxygen atoms in total. The van der Waals surface area contributed by atoms with Gasteiger partial charge in [-0.05, 0) is 73.3 Å². The van der Waals surface area contributed by atoms with Crippen molar-refractivity contribution in [3.8, 4) is 6.07 Å². The predicted octanol–water partition coefficient (Wildman–Crippen LogP) is 5.22. The van der Waals surface area contributed by atoms with Crippen LogP contribution in [0.4, 0.5) is 0 Å². The molecular formula is C33H43NO6. The lowest BCUT2D eigenvalue weighted by Crippen LogP contribution is -2.71. The summed E-state index contributed by atoms with van der Waals surface area (Å²) < 4.78 is 12.0. The van der Waals surface area contributed by atoms with Crippen LogP contribution < -0.4 is 0 Å². The van der Waals surface area contributed by atoms with Crippen LogP contribution in [0, 0.1) is 55.7 Å². The molecule has 2 bridgehead atoms. The number of allylic oxidation sites excluding steroid dienone is 2. The van der Waals surface area contributed by atoms with E-state index in [0.29, 0.717) is 6.42 Å². The highest BCUT2D eigenvalue weighted by Crippen LogP contribution is 2.78. The molecule has 0 amide bonds. The number of nitriles is 1. The van der Waals surface area contributed by atoms with Gasteiger partial charge in [-0.3, -0.25) is 14.4 Å². The molecule has 7 heteroatoms. The molecular weight excluding hydrogens is 506 g/mol. The zero-order chi connectivity index (χ0) is 29.3. The topological polar surface area (TPSA) is 114 Å². The number of rotatable bonds is 2. The average Bonchev–Trinajstić information content (AvgIpc) is 3.06. The number of ketones is 1. The Kier molecular flexibility index (Phi) is 5.46. The maximum atomic E-state index is 14.7. The molecule has 4 fully saturated rings. The number of nitrogens with zero attached hydrogens (tertiary/aromatic N) is 1. The summed E-state index contributed by atoms with van der Waals surface area (Å²) in [7, 11) is 0. The van der Waals surface area contributed by atoms with Crippen LogP contribution in [-0.2, 0) is 23.9 Å². The van der Waals surface area contributed by atoms with E-state index in [1.807, 2.05) is 13.0 Å². The first-order chi connectivity index (χ1) is 18.5. The highest BCUT2D eigenvalue weighted by atomic mass is 16.6. The molecule has 2 unspecified atom stereocenters. The largest absolute Gasteiger partial charge is 0.465 e. The van der Waals surface area contributed by atoms with Crippen molar-refractivity contribution in [2.75, 3.05) is 6.61 Å². The molecule has 1 saturated heterocycles. The van der Waals surface area contributed by atoms with Crippen LogP contribution in [0.1, 0.15) is 93.4 Å². The summed E-state index contributed by atoms with van der Waals surface area (Å²) in [5.74, 6) is -1.07. The van der Waals surface area contributed by atoms with Crippen molar-refractivity contribution in [1.29, 1.82) is 5.26 Å². The second-order valence-electron chi connectivity index (χ2n) is 15.6. The Labute approximate surface area is 237 Å². The van der Waals surface area contributed by atoms with Gasteiger partial charge in [-0.25, -0.2) is 0 Å². The Hall–Kier alpha value is -2.46. The monoisotopic (exact) mass is 549 g/mol. The molecule has 40 heavy (non-hydrogen) atoms. The Morgan fingerprint density at radius 3 is 2.40 bits per heavy atom. The first-order valence-corrected chi connectivity index (χ1v) is 14.9. The Morgan fingerprint density at radius 1 is 1.07 bits per heavy atom. The highest BCUT2D eigenvalue weighted by molar-refractivity contribution is 6.05. The Balaban J connectivity index is 1.55. The van der Waals surface area contributed by atoms with Gasteiger partial charge in [0.1, 0.15) is 0 Å². The van der Waals surface area contributed by atoms with Crippen molar-refractivity contribution in [3.63, 3.8) is 0 Å². The minimum Gasteiger partial charge on any atom is -0.465 e. The molecule has 1 aliphatic heterocycles. The number of aliphatic hydroxyl groups excluding tert-OH is 1. The van der Waals surface area contributed by atoms with Gasteiger partial charge in [0.05, 0.1) is 29.8 Å². The van der Waals surface area contributed by atoms with Gasteiger partial charge in [-0.1, -0.05) is 47.6 Å². The molecule has 0 aromatic rings. The molecule has 1 spiro atoms. The van der Waals surface area contributed by atoms with E-state index in [2.05, 4.69) is 40.7 Å². The van der Waals surface area contributed by atoms with E-state index in [9.17, 15) is 24.8 Å². The van der Waals surface area contributed by atoms with Crippen LogP contribution in [0.25, 0.3) is 0 Å². The lowest BCUT2D eigenvalue weighted by molar-refractivity contribution is -0.209. The van der Waals surface area contributed by atoms with Crippen LogP contribution in [0.15, 0.2) is 23.3 Å². The van der Waals surface area contributed by atoms with E-state index >= 15 is 0 Å². The lowest BCUT2D eigenvalue weighted by Gasteiger charge is -2.69. The van der Waals surface area contributed by atoms with Crippen LogP contribution in [0.2, 0.25) is 0 Å². The number of carbonyl (C=O) groups excluding carboxylic acids is 3. The molecule has 9 atom stereocenters. The summed E-state index contributed by atoms with van der Waals surface area (Å²) in [6.45, 7) is 14.2. The second kappa shape index (κ2) is 7.88. The van der Waals surface area contributed by atoms with Crippen molar-refractivity contribution < 1.29 is 29.0 Å². The number of fused-ring (bicyclic) bond motifs is 4. The minimum atomic E-state index is -1.20. The first kappa shape index (κ1) is 27.7. The third kappa shape index (κ3) is 2.92. The maximum absolute atomic E-state index is 14.7. The van der Waals surface area contributed by atoms with E-state index in [0.717, 1.165) is 44.1 Å². The van der Waals surface area contributed by atoms with Crippen molar-refractivity contribution in [2.45, 2.75) is 105 Å². The molecule has 6 aliphatic rings. The average molecular weight is 550 g/mol. The van der Waals surface area contributed by atoms with Gasteiger partial charge < -0.3 is 14.6 Å². The number of aliphatic hydroxyl groups is 1. The summed E-state index contributed by atoms with van der Waals surface area (Å²) in [6, 6.07) is 2.21. The summed E-state index contributed by atoms with van der Waals surface area (Å²) in [4.78, 5) is 40.2. The fourth-order valence-corrected chi connectivity index (χ4v) is 10.9. The summed E-state index contributed by atoms with van der Waals surface area (Å²) in [6.07, 6.45) is 7.94. The number of ether oxygens (including phenoxy) is 2. The van der Waals surface area contributed by atoms with E-state index < -0.39 is 44.7 Å². The second-order valence-corrected chi connectivity index (χ2v) is 15.6. The van der Waals surface area contributed by atoms with Crippen molar-refractivity contribution >= 4 is 17.7 Å². The van der Waals surface area contributed by atoms with Crippen LogP contribution >= 0.6 is 0 Å². The molecule has 3 saturated carbocycles. The van der Waals surface area contributed by atoms with Gasteiger partial charge in [-0.2, -0.15) is 5.26 Å². The normalized spacial score (nSPS) is 50.1. The van der Waals surface area contributed by atoms with Crippen LogP contribution in [0.5, 0.6) is 0 Å². The summed E-state index contributed by atoms with van der Waals surface area (Å²) >= 11 is 0. The van der Waals surface area contributed by atoms with Gasteiger partial charge in [0, 0.05) is 29.1 Å². The molecule has 0 radical (unpaired) electrons. The smallest absolute Gasteiger partial charge is 0.313 e. The third-order valence-corrected chi connectivity index (χ3v) is 13.3. The SMILES string of the molecule is CC(=O)OC[C@]1(C)C(O)C(C#N)=C[C@]2(C)C3=CC(=O)[C@]45OC(=O)[C@@]6(CCC(C)(C)CC64)CC[C@@]5(C)[C@]3(C)CC[C@H]21. The van der Waals surface area contributed by atoms with Gasteiger partial charge in [0.25, 0.3) is 0 Å². The van der Waals surface area contributed by atoms with E-state index in [-0.39, 0.29) is 41.2 Å². The van der Waals surface area contributed by atoms with Crippen LogP contribution in [-0.4, -0.2) is 41.1 Å². The quantitative estimate of drug-likeness (QED) is 0.470. The fraction of sp³-hybridized carbons (Fsp3) is 0.758. The number of hydrogen-bond donors (Lipinski definition) is 1. The molecule has 216 valence electrons. The van der Waals surface area contributed by atoms with Gasteiger partial charge in [0.15, 0.2) is 11.4 Å². The third-order valence-electron chi connectivity index (χ3n) is 13.3.